The van der Waals surface area contributed by atoms with Crippen LogP contribution in [0.15, 0.2) is 30.3 Å². The molecule has 0 radical (unpaired) electrons. The smallest absolute Gasteiger partial charge is 0.387 e. The van der Waals surface area contributed by atoms with Crippen LogP contribution in [0.2, 0.25) is 0 Å². The van der Waals surface area contributed by atoms with Crippen molar-refractivity contribution in [3.05, 3.63) is 36.0 Å². The summed E-state index contributed by atoms with van der Waals surface area (Å²) in [5.41, 5.74) is 0.573. The molecule has 0 aliphatic carbocycles. The molecule has 2 rings (SSSR count). The van der Waals surface area contributed by atoms with Gasteiger partial charge in [-0.3, -0.25) is 4.68 Å². The summed E-state index contributed by atoms with van der Waals surface area (Å²) in [4.78, 5) is 10.8. The van der Waals surface area contributed by atoms with Crippen molar-refractivity contribution >= 4 is 5.97 Å². The van der Waals surface area contributed by atoms with Gasteiger partial charge in [0.15, 0.2) is 5.69 Å². The molecule has 1 aromatic heterocycles. The molecule has 2 aromatic rings. The molecule has 0 unspecified atom stereocenters. The number of halogens is 2. The van der Waals surface area contributed by atoms with Crippen LogP contribution >= 0.6 is 0 Å². The highest BCUT2D eigenvalue weighted by molar-refractivity contribution is 5.87. The van der Waals surface area contributed by atoms with Gasteiger partial charge in [0.05, 0.1) is 5.69 Å². The number of aromatic carboxylic acids is 1. The second-order valence-electron chi connectivity index (χ2n) is 3.72. The van der Waals surface area contributed by atoms with E-state index in [2.05, 4.69) is 9.84 Å². The number of aromatic nitrogens is 2. The van der Waals surface area contributed by atoms with Crippen LogP contribution in [-0.2, 0) is 7.05 Å². The van der Waals surface area contributed by atoms with Crippen LogP contribution in [0.1, 0.15) is 10.5 Å². The lowest BCUT2D eigenvalue weighted by Gasteiger charge is -2.10. The summed E-state index contributed by atoms with van der Waals surface area (Å²) < 4.78 is 30.3. The van der Waals surface area contributed by atoms with Gasteiger partial charge in [0.2, 0.25) is 0 Å². The van der Waals surface area contributed by atoms with Crippen LogP contribution in [0.3, 0.4) is 0 Å². The first-order valence-electron chi connectivity index (χ1n) is 5.30. The van der Waals surface area contributed by atoms with E-state index in [0.29, 0.717) is 11.3 Å². The van der Waals surface area contributed by atoms with Gasteiger partial charge >= 0.3 is 12.6 Å². The molecule has 1 N–H and O–H groups in total. The highest BCUT2D eigenvalue weighted by Gasteiger charge is 2.17. The lowest BCUT2D eigenvalue weighted by Crippen LogP contribution is -2.04. The van der Waals surface area contributed by atoms with Crippen molar-refractivity contribution < 1.29 is 23.4 Å². The largest absolute Gasteiger partial charge is 0.476 e. The second kappa shape index (κ2) is 5.05. The summed E-state index contributed by atoms with van der Waals surface area (Å²) in [6.45, 7) is -2.95. The Kier molecular flexibility index (Phi) is 3.46. The maximum absolute atomic E-state index is 12.3. The van der Waals surface area contributed by atoms with Crippen molar-refractivity contribution in [1.82, 2.24) is 9.78 Å². The van der Waals surface area contributed by atoms with Crippen LogP contribution < -0.4 is 4.74 Å². The second-order valence-corrected chi connectivity index (χ2v) is 3.72. The van der Waals surface area contributed by atoms with E-state index >= 15 is 0 Å². The van der Waals surface area contributed by atoms with Crippen molar-refractivity contribution in [2.75, 3.05) is 0 Å². The molecule has 0 amide bonds. The number of para-hydroxylation sites is 1. The minimum absolute atomic E-state index is 0.0301. The van der Waals surface area contributed by atoms with Gasteiger partial charge in [-0.1, -0.05) is 12.1 Å². The Morgan fingerprint density at radius 3 is 2.68 bits per heavy atom. The topological polar surface area (TPSA) is 64.4 Å². The third kappa shape index (κ3) is 2.70. The first-order chi connectivity index (χ1) is 8.99. The van der Waals surface area contributed by atoms with Gasteiger partial charge < -0.3 is 9.84 Å². The average molecular weight is 268 g/mol. The van der Waals surface area contributed by atoms with Crippen LogP contribution in [0.4, 0.5) is 8.78 Å². The van der Waals surface area contributed by atoms with Crippen LogP contribution in [0.25, 0.3) is 11.3 Å². The van der Waals surface area contributed by atoms with Crippen molar-refractivity contribution in [1.29, 1.82) is 0 Å². The van der Waals surface area contributed by atoms with Gasteiger partial charge in [-0.25, -0.2) is 4.79 Å². The number of rotatable bonds is 4. The number of aryl methyl sites for hydroxylation is 1. The minimum atomic E-state index is -2.95. The van der Waals surface area contributed by atoms with Crippen LogP contribution in [0.5, 0.6) is 5.75 Å². The predicted molar refractivity (Wildman–Crippen MR) is 62.2 cm³/mol. The number of nitrogens with zero attached hydrogens (tertiary/aromatic N) is 2. The third-order valence-corrected chi connectivity index (χ3v) is 2.48. The maximum atomic E-state index is 12.3. The normalized spacial score (nSPS) is 10.7. The quantitative estimate of drug-likeness (QED) is 0.924. The molecule has 0 aliphatic heterocycles. The number of carboxylic acid groups (broad SMARTS) is 1. The lowest BCUT2D eigenvalue weighted by molar-refractivity contribution is -0.0494. The first-order valence-corrected chi connectivity index (χ1v) is 5.30. The average Bonchev–Trinajstić information content (AvgIpc) is 2.71. The summed E-state index contributed by atoms with van der Waals surface area (Å²) in [7, 11) is 1.53. The zero-order chi connectivity index (χ0) is 14.0. The number of carbonyl (C=O) groups is 1. The van der Waals surface area contributed by atoms with Crippen LogP contribution in [-0.4, -0.2) is 27.5 Å². The van der Waals surface area contributed by atoms with Gasteiger partial charge in [-0.2, -0.15) is 13.9 Å². The molecule has 1 heterocycles. The van der Waals surface area contributed by atoms with E-state index in [9.17, 15) is 13.6 Å². The van der Waals surface area contributed by atoms with E-state index in [1.807, 2.05) is 0 Å². The van der Waals surface area contributed by atoms with E-state index < -0.39 is 12.6 Å². The van der Waals surface area contributed by atoms with Gasteiger partial charge in [-0.05, 0) is 18.2 Å². The fourth-order valence-electron chi connectivity index (χ4n) is 1.70. The number of alkyl halides is 2. The van der Waals surface area contributed by atoms with Crippen molar-refractivity contribution in [3.8, 4) is 17.0 Å². The van der Waals surface area contributed by atoms with Crippen molar-refractivity contribution in [3.63, 3.8) is 0 Å². The molecule has 0 saturated heterocycles. The van der Waals surface area contributed by atoms with E-state index in [1.165, 1.54) is 23.9 Å². The standard InChI is InChI=1S/C12H10F2N2O3/c1-16-9(6-8(15-16)11(17)18)7-4-2-3-5-10(7)19-12(13)14/h2-6,12H,1H3,(H,17,18). The SMILES string of the molecule is Cn1nc(C(=O)O)cc1-c1ccccc1OC(F)F. The molecule has 0 spiro atoms. The van der Waals surface area contributed by atoms with Gasteiger partial charge in [0.1, 0.15) is 5.75 Å². The van der Waals surface area contributed by atoms with E-state index in [1.54, 1.807) is 18.2 Å². The summed E-state index contributed by atoms with van der Waals surface area (Å²) in [5, 5.41) is 12.6. The minimum Gasteiger partial charge on any atom is -0.476 e. The molecule has 100 valence electrons. The van der Waals surface area contributed by atoms with Crippen LogP contribution in [0, 0.1) is 0 Å². The molecular formula is C12H10F2N2O3. The Balaban J connectivity index is 2.49. The molecule has 0 fully saturated rings. The highest BCUT2D eigenvalue weighted by Crippen LogP contribution is 2.31. The number of hydrogen-bond acceptors (Lipinski definition) is 3. The summed E-state index contributed by atoms with van der Waals surface area (Å²) in [5.74, 6) is -1.22. The molecule has 1 aromatic carbocycles. The van der Waals surface area contributed by atoms with Crippen molar-refractivity contribution in [2.24, 2.45) is 7.05 Å². The van der Waals surface area contributed by atoms with Gasteiger partial charge in [-0.15, -0.1) is 0 Å². The van der Waals surface area contributed by atoms with E-state index in [4.69, 9.17) is 5.11 Å². The Labute approximate surface area is 107 Å². The molecule has 0 aliphatic rings. The number of ether oxygens (including phenoxy) is 1. The Morgan fingerprint density at radius 1 is 1.42 bits per heavy atom. The van der Waals surface area contributed by atoms with Crippen molar-refractivity contribution in [2.45, 2.75) is 6.61 Å². The summed E-state index contributed by atoms with van der Waals surface area (Å²) in [6, 6.07) is 7.43. The molecular weight excluding hydrogens is 258 g/mol. The molecule has 7 heteroatoms. The monoisotopic (exact) mass is 268 g/mol. The number of benzene rings is 1. The zero-order valence-corrected chi connectivity index (χ0v) is 9.88. The summed E-state index contributed by atoms with van der Waals surface area (Å²) >= 11 is 0. The zero-order valence-electron chi connectivity index (χ0n) is 9.88. The van der Waals surface area contributed by atoms with Gasteiger partial charge in [0.25, 0.3) is 0 Å². The molecule has 0 bridgehead atoms. The Hall–Kier alpha value is -2.44. The first kappa shape index (κ1) is 13.0. The number of hydrogen-bond donors (Lipinski definition) is 1. The lowest BCUT2D eigenvalue weighted by atomic mass is 10.1. The molecule has 0 saturated carbocycles. The van der Waals surface area contributed by atoms with Gasteiger partial charge in [0, 0.05) is 12.6 Å². The molecule has 19 heavy (non-hydrogen) atoms. The molecule has 5 nitrogen and oxygen atoms in total. The predicted octanol–water partition coefficient (Wildman–Crippen LogP) is 2.39. The van der Waals surface area contributed by atoms with E-state index in [0.717, 1.165) is 0 Å². The third-order valence-electron chi connectivity index (χ3n) is 2.48. The maximum Gasteiger partial charge on any atom is 0.387 e. The summed E-state index contributed by atoms with van der Waals surface area (Å²) in [6.07, 6.45) is 0. The Morgan fingerprint density at radius 2 is 2.11 bits per heavy atom. The fraction of sp³-hybridized carbons (Fsp3) is 0.167. The highest BCUT2D eigenvalue weighted by atomic mass is 19.3. The number of carboxylic acids is 1. The fourth-order valence-corrected chi connectivity index (χ4v) is 1.70. The van der Waals surface area contributed by atoms with E-state index in [-0.39, 0.29) is 11.4 Å². The Bertz CT molecular complexity index is 611. The molecule has 0 atom stereocenters.